The van der Waals surface area contributed by atoms with Gasteiger partial charge in [0.05, 0.1) is 26.4 Å². The first kappa shape index (κ1) is 73.6. The SMILES string of the molecule is C=C(C)C(=O)OCCCC(=O)OC(COc1ccc(C(C)C)cc1)CSc1ccc(Cl)cc1.C=CC(=O)OCCCC(=O)OC(COc1ccc(C(C)C)cc1)CSc1ccc(Cl)cc1.CC(C)c1ccc(OCC(CSC2=CCC=C2)OCC2CO2)cc1. The predicted molar refractivity (Wildman–Crippen MR) is 361 cm³/mol. The number of allylic oxidation sites excluding steroid dienone is 3. The first-order valence-electron chi connectivity index (χ1n) is 30.0. The third-order valence-corrected chi connectivity index (χ3v) is 17.1. The smallest absolute Gasteiger partial charge is 0.333 e. The number of thioether (sulfide) groups is 3. The van der Waals surface area contributed by atoms with Gasteiger partial charge in [0.1, 0.15) is 61.5 Å². The summed E-state index contributed by atoms with van der Waals surface area (Å²) in [6.07, 6.45) is 9.27. The van der Waals surface area contributed by atoms with Gasteiger partial charge >= 0.3 is 23.9 Å². The van der Waals surface area contributed by atoms with E-state index in [9.17, 15) is 19.2 Å². The van der Waals surface area contributed by atoms with Crippen molar-refractivity contribution >= 4 is 82.4 Å². The molecule has 0 aromatic heterocycles. The van der Waals surface area contributed by atoms with E-state index in [1.165, 1.54) is 21.6 Å². The van der Waals surface area contributed by atoms with Crippen LogP contribution in [0.4, 0.5) is 0 Å². The van der Waals surface area contributed by atoms with E-state index in [0.717, 1.165) is 51.9 Å². The summed E-state index contributed by atoms with van der Waals surface area (Å²) >= 11 is 16.9. The molecule has 2 aliphatic rings. The fraction of sp³-hybridized carbons (Fsp3) is 0.408. The predicted octanol–water partition coefficient (Wildman–Crippen LogP) is 17.1. The Balaban J connectivity index is 0.000000246. The Morgan fingerprint density at radius 1 is 0.584 bits per heavy atom. The average Bonchev–Trinajstić information content (AvgIpc) is 4.35. The normalized spacial score (nSPS) is 14.0. The maximum Gasteiger partial charge on any atom is 0.333 e. The van der Waals surface area contributed by atoms with Gasteiger partial charge in [-0.05, 0) is 146 Å². The Labute approximate surface area is 550 Å². The van der Waals surface area contributed by atoms with Crippen molar-refractivity contribution in [2.75, 3.05) is 63.5 Å². The first-order valence-corrected chi connectivity index (χ1v) is 33.7. The van der Waals surface area contributed by atoms with Crippen molar-refractivity contribution in [3.05, 3.63) is 196 Å². The van der Waals surface area contributed by atoms with Crippen LogP contribution in [0, 0.1) is 0 Å². The standard InChI is InChI=1S/C26H31ClO5S.C25H29ClO5S.C20H26O3S/c1-18(2)20-7-11-22(12-8-20)31-16-23(17-33-24-13-9-21(27)10-14-24)32-25(28)6-5-15-30-26(29)19(3)4;1-4-24(27)29-15-5-6-25(28)31-22(17-32-23-13-9-20(26)10-14-23)16-30-21-11-7-19(8-12-21)18(2)3;1-15(2)16-7-9-17(10-8-16)21-13-19(23-12-18-11-22-18)14-24-20-5-3-4-6-20/h7-14,18,23H,3,5-6,15-17H2,1-2,4H3;4,7-14,18,22H,1,5-6,15-17H2,2-3H3;3,5-10,15,18-19H,4,11-14H2,1-2H3. The van der Waals surface area contributed by atoms with Crippen LogP contribution in [-0.2, 0) is 47.6 Å². The second kappa shape index (κ2) is 41.3. The summed E-state index contributed by atoms with van der Waals surface area (Å²) < 4.78 is 50.2. The van der Waals surface area contributed by atoms with Gasteiger partial charge in [-0.3, -0.25) is 9.59 Å². The minimum Gasteiger partial charge on any atom is -0.491 e. The van der Waals surface area contributed by atoms with Crippen molar-refractivity contribution in [1.82, 2.24) is 0 Å². The summed E-state index contributed by atoms with van der Waals surface area (Å²) in [7, 11) is 0. The lowest BCUT2D eigenvalue weighted by Crippen LogP contribution is -2.27. The highest BCUT2D eigenvalue weighted by Gasteiger charge is 2.25. The molecular weight excluding hydrogens is 1230 g/mol. The van der Waals surface area contributed by atoms with Crippen LogP contribution in [0.25, 0.3) is 0 Å². The third-order valence-electron chi connectivity index (χ3n) is 13.2. The van der Waals surface area contributed by atoms with Crippen LogP contribution in [0.15, 0.2) is 179 Å². The van der Waals surface area contributed by atoms with E-state index in [1.807, 2.05) is 121 Å². The number of hydrogen-bond acceptors (Lipinski definition) is 16. The number of hydrogen-bond donors (Lipinski definition) is 0. The van der Waals surface area contributed by atoms with Gasteiger partial charge in [-0.2, -0.15) is 0 Å². The van der Waals surface area contributed by atoms with Crippen LogP contribution in [-0.4, -0.2) is 112 Å². The molecule has 0 radical (unpaired) electrons. The summed E-state index contributed by atoms with van der Waals surface area (Å²) in [5.41, 5.74) is 4.12. The fourth-order valence-corrected chi connectivity index (χ4v) is 10.8. The average molecular weight is 1310 g/mol. The van der Waals surface area contributed by atoms with E-state index in [4.69, 9.17) is 65.8 Å². The molecule has 4 unspecified atom stereocenters. The topological polar surface area (TPSA) is 155 Å². The summed E-state index contributed by atoms with van der Waals surface area (Å²) in [5.74, 6) is 4.05. The third kappa shape index (κ3) is 31.5. The Morgan fingerprint density at radius 2 is 0.989 bits per heavy atom. The lowest BCUT2D eigenvalue weighted by Gasteiger charge is -2.19. The van der Waals surface area contributed by atoms with Crippen LogP contribution in [0.5, 0.6) is 17.2 Å². The van der Waals surface area contributed by atoms with Gasteiger partial charge < -0.3 is 42.6 Å². The Bertz CT molecular complexity index is 2980. The number of rotatable bonds is 36. The van der Waals surface area contributed by atoms with Gasteiger partial charge in [0.25, 0.3) is 0 Å². The quantitative estimate of drug-likeness (QED) is 0.00932. The van der Waals surface area contributed by atoms with Crippen LogP contribution >= 0.6 is 58.5 Å². The van der Waals surface area contributed by atoms with Gasteiger partial charge in [0.2, 0.25) is 0 Å². The molecule has 0 saturated carbocycles. The van der Waals surface area contributed by atoms with E-state index < -0.39 is 24.1 Å². The minimum atomic E-state index is -0.507. The van der Waals surface area contributed by atoms with Gasteiger partial charge in [-0.1, -0.05) is 133 Å². The summed E-state index contributed by atoms with van der Waals surface area (Å²) in [6.45, 7) is 24.2. The summed E-state index contributed by atoms with van der Waals surface area (Å²) in [4.78, 5) is 50.5. The van der Waals surface area contributed by atoms with Crippen molar-refractivity contribution < 1.29 is 61.8 Å². The zero-order valence-electron chi connectivity index (χ0n) is 52.2. The van der Waals surface area contributed by atoms with Crippen molar-refractivity contribution in [3.63, 3.8) is 0 Å². The molecule has 1 aliphatic carbocycles. The highest BCUT2D eigenvalue weighted by Crippen LogP contribution is 2.28. The van der Waals surface area contributed by atoms with E-state index in [0.29, 0.717) is 70.9 Å². The molecule has 5 aromatic carbocycles. The number of ether oxygens (including phenoxy) is 9. The Kier molecular flexibility index (Phi) is 34.2. The molecule has 0 spiro atoms. The lowest BCUT2D eigenvalue weighted by atomic mass is 10.0. The fourth-order valence-electron chi connectivity index (χ4n) is 7.81. The number of epoxide rings is 1. The van der Waals surface area contributed by atoms with Crippen LogP contribution in [0.1, 0.15) is 115 Å². The zero-order chi connectivity index (χ0) is 64.3. The molecule has 7 rings (SSSR count). The monoisotopic (exact) mass is 1310 g/mol. The first-order chi connectivity index (χ1) is 42.8. The molecule has 1 heterocycles. The van der Waals surface area contributed by atoms with Crippen molar-refractivity contribution in [2.45, 2.75) is 133 Å². The van der Waals surface area contributed by atoms with Crippen molar-refractivity contribution in [1.29, 1.82) is 0 Å². The molecule has 1 fully saturated rings. The summed E-state index contributed by atoms with van der Waals surface area (Å²) in [6, 6.07) is 39.2. The number of benzene rings is 5. The van der Waals surface area contributed by atoms with Crippen LogP contribution in [0.3, 0.4) is 0 Å². The van der Waals surface area contributed by atoms with E-state index in [1.54, 1.807) is 30.4 Å². The highest BCUT2D eigenvalue weighted by molar-refractivity contribution is 8.03. The van der Waals surface area contributed by atoms with Gasteiger partial charge in [0, 0.05) is 66.5 Å². The van der Waals surface area contributed by atoms with E-state index in [-0.39, 0.29) is 63.4 Å². The number of carbonyl (C=O) groups is 4. The molecule has 4 atom stereocenters. The largest absolute Gasteiger partial charge is 0.491 e. The maximum absolute atomic E-state index is 12.4. The molecule has 13 nitrogen and oxygen atoms in total. The number of esters is 4. The van der Waals surface area contributed by atoms with E-state index >= 15 is 0 Å². The Morgan fingerprint density at radius 3 is 1.36 bits per heavy atom. The van der Waals surface area contributed by atoms with Crippen LogP contribution in [0.2, 0.25) is 10.0 Å². The molecule has 0 N–H and O–H groups in total. The van der Waals surface area contributed by atoms with Crippen molar-refractivity contribution in [3.8, 4) is 17.2 Å². The Hall–Kier alpha value is -6.11. The van der Waals surface area contributed by atoms with Crippen molar-refractivity contribution in [2.24, 2.45) is 0 Å². The molecule has 5 aromatic rings. The highest BCUT2D eigenvalue weighted by atomic mass is 35.5. The zero-order valence-corrected chi connectivity index (χ0v) is 56.2. The van der Waals surface area contributed by atoms with Crippen LogP contribution < -0.4 is 14.2 Å². The number of carbonyl (C=O) groups excluding carboxylic acids is 4. The van der Waals surface area contributed by atoms with Gasteiger partial charge in [-0.15, -0.1) is 35.3 Å². The molecule has 1 saturated heterocycles. The molecule has 0 amide bonds. The molecule has 0 bridgehead atoms. The van der Waals surface area contributed by atoms with Gasteiger partial charge in [-0.25, -0.2) is 9.59 Å². The molecule has 89 heavy (non-hydrogen) atoms. The second-order valence-corrected chi connectivity index (χ2v) is 26.0. The molecule has 18 heteroatoms. The second-order valence-electron chi connectivity index (χ2n) is 21.8. The lowest BCUT2D eigenvalue weighted by molar-refractivity contribution is -0.151. The minimum absolute atomic E-state index is 0.0684. The molecule has 1 aliphatic heterocycles. The van der Waals surface area contributed by atoms with Gasteiger partial charge in [0.15, 0.2) is 0 Å². The maximum atomic E-state index is 12.4. The summed E-state index contributed by atoms with van der Waals surface area (Å²) in [5, 5.41) is 1.34. The van der Waals surface area contributed by atoms with E-state index in [2.05, 4.69) is 85.1 Å². The molecule has 480 valence electrons. The number of halogens is 2. The molecular formula is C71H86Cl2O13S3.